The Labute approximate surface area is 170 Å². The summed E-state index contributed by atoms with van der Waals surface area (Å²) in [5.41, 5.74) is 2.78. The minimum Gasteiger partial charge on any atom is -0.377 e. The van der Waals surface area contributed by atoms with E-state index >= 15 is 0 Å². The average molecular weight is 391 g/mol. The minimum atomic E-state index is -0.0914. The van der Waals surface area contributed by atoms with E-state index in [9.17, 15) is 9.59 Å². The van der Waals surface area contributed by atoms with Gasteiger partial charge in [-0.1, -0.05) is 27.7 Å². The summed E-state index contributed by atoms with van der Waals surface area (Å²) in [6.07, 6.45) is 0. The van der Waals surface area contributed by atoms with Crippen molar-refractivity contribution < 1.29 is 9.59 Å². The molecule has 1 rings (SSSR count). The molecule has 0 heterocycles. The molecule has 1 atom stereocenters. The zero-order valence-corrected chi connectivity index (χ0v) is 19.0. The van der Waals surface area contributed by atoms with Gasteiger partial charge in [-0.15, -0.1) is 0 Å². The van der Waals surface area contributed by atoms with Crippen molar-refractivity contribution in [2.24, 2.45) is 11.8 Å². The molecule has 2 N–H and O–H groups in total. The van der Waals surface area contributed by atoms with Crippen LogP contribution in [-0.4, -0.2) is 43.0 Å². The third-order valence-electron chi connectivity index (χ3n) is 4.82. The first kappa shape index (κ1) is 23.8. The van der Waals surface area contributed by atoms with Crippen LogP contribution in [0.25, 0.3) is 0 Å². The Hall–Kier alpha value is -2.24. The lowest BCUT2D eigenvalue weighted by Gasteiger charge is -2.34. The van der Waals surface area contributed by atoms with Gasteiger partial charge in [0.1, 0.15) is 0 Å². The topological polar surface area (TPSA) is 64.7 Å². The second-order valence-electron chi connectivity index (χ2n) is 8.60. The highest BCUT2D eigenvalue weighted by atomic mass is 16.2. The Morgan fingerprint density at radius 3 is 2.07 bits per heavy atom. The van der Waals surface area contributed by atoms with Crippen LogP contribution in [0.5, 0.6) is 0 Å². The summed E-state index contributed by atoms with van der Waals surface area (Å²) in [6, 6.07) is 5.94. The monoisotopic (exact) mass is 390 g/mol. The fourth-order valence-corrected chi connectivity index (χ4v) is 2.79. The maximum absolute atomic E-state index is 12.9. The maximum Gasteiger partial charge on any atom is 0.318 e. The largest absolute Gasteiger partial charge is 0.377 e. The molecule has 1 unspecified atom stereocenters. The van der Waals surface area contributed by atoms with E-state index < -0.39 is 0 Å². The molecule has 0 aliphatic heterocycles. The van der Waals surface area contributed by atoms with Crippen molar-refractivity contribution in [3.8, 4) is 0 Å². The number of carbonyl (C=O) groups is 2. The molecule has 0 aliphatic rings. The zero-order valence-electron chi connectivity index (χ0n) is 19.0. The van der Waals surface area contributed by atoms with Crippen molar-refractivity contribution in [1.82, 2.24) is 10.2 Å². The van der Waals surface area contributed by atoms with Gasteiger partial charge in [0.25, 0.3) is 0 Å². The third kappa shape index (κ3) is 6.73. The van der Waals surface area contributed by atoms with Gasteiger partial charge in [-0.25, -0.2) is 4.79 Å². The SMILES string of the molecule is CC(C)NC(=O)N(Cc1cc(NC(=O)C(C)C)ccc1N(C)C)C(C)C(C)C. The number of nitrogens with one attached hydrogen (secondary N) is 2. The molecule has 6 heteroatoms. The van der Waals surface area contributed by atoms with E-state index in [1.54, 1.807) is 0 Å². The lowest BCUT2D eigenvalue weighted by molar-refractivity contribution is -0.118. The Bertz CT molecular complexity index is 669. The predicted octanol–water partition coefficient (Wildman–Crippen LogP) is 4.31. The molecule has 3 amide bonds. The number of anilines is 2. The van der Waals surface area contributed by atoms with Crippen LogP contribution in [0.2, 0.25) is 0 Å². The lowest BCUT2D eigenvalue weighted by Crippen LogP contribution is -2.48. The summed E-state index contributed by atoms with van der Waals surface area (Å²) < 4.78 is 0. The Balaban J connectivity index is 3.26. The van der Waals surface area contributed by atoms with Gasteiger partial charge in [0, 0.05) is 50.0 Å². The highest BCUT2D eigenvalue weighted by Crippen LogP contribution is 2.26. The number of carbonyl (C=O) groups excluding carboxylic acids is 2. The smallest absolute Gasteiger partial charge is 0.318 e. The van der Waals surface area contributed by atoms with Gasteiger partial charge in [-0.2, -0.15) is 0 Å². The van der Waals surface area contributed by atoms with Crippen molar-refractivity contribution in [2.75, 3.05) is 24.3 Å². The molecule has 0 aliphatic carbocycles. The van der Waals surface area contributed by atoms with Crippen LogP contribution in [0.15, 0.2) is 18.2 Å². The number of nitrogens with zero attached hydrogens (tertiary/aromatic N) is 2. The van der Waals surface area contributed by atoms with Crippen molar-refractivity contribution in [1.29, 1.82) is 0 Å². The van der Waals surface area contributed by atoms with Crippen molar-refractivity contribution in [3.63, 3.8) is 0 Å². The fourth-order valence-electron chi connectivity index (χ4n) is 2.79. The molecule has 0 radical (unpaired) electrons. The van der Waals surface area contributed by atoms with E-state index in [2.05, 4.69) is 31.4 Å². The summed E-state index contributed by atoms with van der Waals surface area (Å²) in [4.78, 5) is 28.9. The Morgan fingerprint density at radius 2 is 1.61 bits per heavy atom. The highest BCUT2D eigenvalue weighted by molar-refractivity contribution is 5.92. The van der Waals surface area contributed by atoms with E-state index in [0.29, 0.717) is 12.5 Å². The van der Waals surface area contributed by atoms with Gasteiger partial charge in [-0.3, -0.25) is 4.79 Å². The number of urea groups is 1. The number of benzene rings is 1. The van der Waals surface area contributed by atoms with E-state index in [0.717, 1.165) is 16.9 Å². The molecule has 28 heavy (non-hydrogen) atoms. The molecule has 158 valence electrons. The van der Waals surface area contributed by atoms with E-state index in [1.165, 1.54) is 0 Å². The lowest BCUT2D eigenvalue weighted by atomic mass is 10.0. The Kier molecular flexibility index (Phi) is 8.79. The van der Waals surface area contributed by atoms with Crippen molar-refractivity contribution in [3.05, 3.63) is 23.8 Å². The molecule has 0 bridgehead atoms. The summed E-state index contributed by atoms with van der Waals surface area (Å²) in [5, 5.41) is 5.97. The van der Waals surface area contributed by atoms with Gasteiger partial charge in [0.15, 0.2) is 0 Å². The summed E-state index contributed by atoms with van der Waals surface area (Å²) in [7, 11) is 3.96. The summed E-state index contributed by atoms with van der Waals surface area (Å²) in [5.74, 6) is 0.212. The molecule has 0 saturated heterocycles. The van der Waals surface area contributed by atoms with Gasteiger partial charge >= 0.3 is 6.03 Å². The van der Waals surface area contributed by atoms with Gasteiger partial charge in [-0.05, 0) is 50.5 Å². The highest BCUT2D eigenvalue weighted by Gasteiger charge is 2.24. The van der Waals surface area contributed by atoms with Crippen LogP contribution in [0, 0.1) is 11.8 Å². The molecule has 0 spiro atoms. The van der Waals surface area contributed by atoms with Crippen LogP contribution in [0.3, 0.4) is 0 Å². The molecule has 1 aromatic rings. The van der Waals surface area contributed by atoms with Crippen LogP contribution in [-0.2, 0) is 11.3 Å². The fraction of sp³-hybridized carbons (Fsp3) is 0.636. The van der Waals surface area contributed by atoms with Crippen molar-refractivity contribution >= 4 is 23.3 Å². The zero-order chi connectivity index (χ0) is 21.6. The Morgan fingerprint density at radius 1 is 1.00 bits per heavy atom. The second kappa shape index (κ2) is 10.3. The summed E-state index contributed by atoms with van der Waals surface area (Å²) >= 11 is 0. The van der Waals surface area contributed by atoms with Gasteiger partial charge in [0.2, 0.25) is 5.91 Å². The molecule has 0 aromatic heterocycles. The average Bonchev–Trinajstić information content (AvgIpc) is 2.57. The molecule has 1 aromatic carbocycles. The quantitative estimate of drug-likeness (QED) is 0.695. The van der Waals surface area contributed by atoms with E-state index in [-0.39, 0.29) is 29.9 Å². The third-order valence-corrected chi connectivity index (χ3v) is 4.82. The first-order valence-corrected chi connectivity index (χ1v) is 10.1. The standard InChI is InChI=1S/C22H38N4O2/c1-14(2)17(7)26(22(28)23-16(5)6)13-18-12-19(24-21(27)15(3)4)10-11-20(18)25(8)9/h10-12,14-17H,13H2,1-9H3,(H,23,28)(H,24,27). The van der Waals surface area contributed by atoms with Crippen LogP contribution in [0.4, 0.5) is 16.2 Å². The normalized spacial score (nSPS) is 12.3. The van der Waals surface area contributed by atoms with E-state index in [1.807, 2.05) is 69.8 Å². The first-order chi connectivity index (χ1) is 12.9. The first-order valence-electron chi connectivity index (χ1n) is 10.1. The van der Waals surface area contributed by atoms with Crippen LogP contribution < -0.4 is 15.5 Å². The molecule has 6 nitrogen and oxygen atoms in total. The molecular weight excluding hydrogens is 352 g/mol. The molecule has 0 saturated carbocycles. The minimum absolute atomic E-state index is 0.0199. The van der Waals surface area contributed by atoms with Gasteiger partial charge < -0.3 is 20.4 Å². The predicted molar refractivity (Wildman–Crippen MR) is 118 cm³/mol. The second-order valence-corrected chi connectivity index (χ2v) is 8.60. The maximum atomic E-state index is 12.9. The molecular formula is C22H38N4O2. The van der Waals surface area contributed by atoms with Crippen LogP contribution in [0.1, 0.15) is 54.0 Å². The summed E-state index contributed by atoms with van der Waals surface area (Å²) in [6.45, 7) is 14.4. The van der Waals surface area contributed by atoms with Crippen molar-refractivity contribution in [2.45, 2.75) is 67.1 Å². The van der Waals surface area contributed by atoms with Crippen LogP contribution >= 0.6 is 0 Å². The van der Waals surface area contributed by atoms with E-state index in [4.69, 9.17) is 0 Å². The molecule has 0 fully saturated rings. The number of rotatable bonds is 8. The number of hydrogen-bond acceptors (Lipinski definition) is 3. The van der Waals surface area contributed by atoms with Gasteiger partial charge in [0.05, 0.1) is 0 Å². The number of hydrogen-bond donors (Lipinski definition) is 2. The number of amides is 3.